The van der Waals surface area contributed by atoms with Gasteiger partial charge in [-0.2, -0.15) is 5.10 Å². The maximum Gasteiger partial charge on any atom is 0.145 e. The third-order valence-corrected chi connectivity index (χ3v) is 4.24. The molecule has 0 aliphatic carbocycles. The lowest BCUT2D eigenvalue weighted by Crippen LogP contribution is -2.07. The summed E-state index contributed by atoms with van der Waals surface area (Å²) in [6.45, 7) is 4.14. The first-order chi connectivity index (χ1) is 13.1. The monoisotopic (exact) mass is 366 g/mol. The van der Waals surface area contributed by atoms with Crippen molar-refractivity contribution in [1.82, 2.24) is 25.1 Å². The van der Waals surface area contributed by atoms with E-state index in [2.05, 4.69) is 30.5 Å². The van der Waals surface area contributed by atoms with Gasteiger partial charge in [-0.05, 0) is 38.8 Å². The Morgan fingerprint density at radius 1 is 1.22 bits per heavy atom. The molecule has 0 atom stereocenters. The second-order valence-corrected chi connectivity index (χ2v) is 6.70. The molecule has 0 saturated heterocycles. The molecule has 0 spiro atoms. The van der Waals surface area contributed by atoms with Crippen molar-refractivity contribution in [2.24, 2.45) is 0 Å². The summed E-state index contributed by atoms with van der Waals surface area (Å²) in [6, 6.07) is 5.95. The Balaban J connectivity index is 1.73. The molecule has 4 aromatic rings. The first kappa shape index (κ1) is 17.3. The molecule has 0 radical (unpaired) electrons. The van der Waals surface area contributed by atoms with Crippen LogP contribution >= 0.6 is 0 Å². The van der Waals surface area contributed by atoms with Gasteiger partial charge in [0.05, 0.1) is 28.9 Å². The predicted octanol–water partition coefficient (Wildman–Crippen LogP) is 3.29. The van der Waals surface area contributed by atoms with Crippen LogP contribution < -0.4 is 10.1 Å². The minimum absolute atomic E-state index is 0.0358. The number of benzene rings is 1. The Morgan fingerprint density at radius 2 is 2.11 bits per heavy atom. The van der Waals surface area contributed by atoms with Crippen molar-refractivity contribution in [1.29, 1.82) is 0 Å². The van der Waals surface area contributed by atoms with Gasteiger partial charge >= 0.3 is 0 Å². The van der Waals surface area contributed by atoms with Gasteiger partial charge in [-0.3, -0.25) is 5.10 Å². The van der Waals surface area contributed by atoms with Crippen molar-refractivity contribution in [3.63, 3.8) is 0 Å². The summed E-state index contributed by atoms with van der Waals surface area (Å²) >= 11 is 0. The number of nitrogens with zero attached hydrogens (tertiary/aromatic N) is 3. The van der Waals surface area contributed by atoms with Crippen LogP contribution in [0.15, 0.2) is 30.7 Å². The standard InChI is InChI=1S/C19H22N6O2/c1-11(2)27-17-8-15-12(9-22-25-15)6-16(17)24-19-14-7-13(4-3-5-26)23-18(14)20-10-21-19/h6-11,26H,3-5H2,1-2H3,(H,22,25)(H2,20,21,23,24). The highest BCUT2D eigenvalue weighted by Crippen LogP contribution is 2.34. The molecule has 0 amide bonds. The Hall–Kier alpha value is -3.13. The number of anilines is 2. The molecule has 140 valence electrons. The van der Waals surface area contributed by atoms with Crippen LogP contribution in [-0.4, -0.2) is 43.0 Å². The zero-order valence-corrected chi connectivity index (χ0v) is 15.3. The summed E-state index contributed by atoms with van der Waals surface area (Å²) in [7, 11) is 0. The second-order valence-electron chi connectivity index (χ2n) is 6.70. The Labute approximate surface area is 156 Å². The van der Waals surface area contributed by atoms with E-state index >= 15 is 0 Å². The average Bonchev–Trinajstić information content (AvgIpc) is 3.26. The number of nitrogens with one attached hydrogen (secondary N) is 3. The first-order valence-electron chi connectivity index (χ1n) is 8.98. The van der Waals surface area contributed by atoms with E-state index in [-0.39, 0.29) is 12.7 Å². The number of aliphatic hydroxyl groups is 1. The number of hydrogen-bond donors (Lipinski definition) is 4. The Bertz CT molecular complexity index is 1070. The van der Waals surface area contributed by atoms with Crippen molar-refractivity contribution in [3.8, 4) is 5.75 Å². The lowest BCUT2D eigenvalue weighted by atomic mass is 10.2. The van der Waals surface area contributed by atoms with Crippen molar-refractivity contribution >= 4 is 33.4 Å². The molecular formula is C19H22N6O2. The van der Waals surface area contributed by atoms with Gasteiger partial charge in [0, 0.05) is 23.8 Å². The lowest BCUT2D eigenvalue weighted by Gasteiger charge is -2.15. The van der Waals surface area contributed by atoms with Gasteiger partial charge in [-0.25, -0.2) is 9.97 Å². The molecule has 3 aromatic heterocycles. The smallest absolute Gasteiger partial charge is 0.145 e. The van der Waals surface area contributed by atoms with E-state index < -0.39 is 0 Å². The van der Waals surface area contributed by atoms with Gasteiger partial charge in [0.15, 0.2) is 0 Å². The maximum absolute atomic E-state index is 9.05. The van der Waals surface area contributed by atoms with Crippen molar-refractivity contribution in [2.75, 3.05) is 11.9 Å². The summed E-state index contributed by atoms with van der Waals surface area (Å²) in [5.41, 5.74) is 3.51. The number of H-pyrrole nitrogens is 2. The fourth-order valence-electron chi connectivity index (χ4n) is 3.05. The molecule has 0 bridgehead atoms. The number of aromatic amines is 2. The van der Waals surface area contributed by atoms with Crippen LogP contribution in [0.4, 0.5) is 11.5 Å². The molecule has 3 heterocycles. The van der Waals surface area contributed by atoms with E-state index in [1.165, 1.54) is 6.33 Å². The van der Waals surface area contributed by atoms with Crippen molar-refractivity contribution in [2.45, 2.75) is 32.8 Å². The highest BCUT2D eigenvalue weighted by Gasteiger charge is 2.13. The molecule has 4 N–H and O–H groups in total. The average molecular weight is 366 g/mol. The summed E-state index contributed by atoms with van der Waals surface area (Å²) < 4.78 is 5.98. The number of rotatable bonds is 7. The van der Waals surface area contributed by atoms with E-state index in [9.17, 15) is 0 Å². The fraction of sp³-hybridized carbons (Fsp3) is 0.316. The minimum atomic E-state index is 0.0358. The zero-order valence-electron chi connectivity index (χ0n) is 15.3. The van der Waals surface area contributed by atoms with Crippen molar-refractivity contribution in [3.05, 3.63) is 36.4 Å². The molecule has 0 fully saturated rings. The van der Waals surface area contributed by atoms with E-state index in [0.29, 0.717) is 12.2 Å². The highest BCUT2D eigenvalue weighted by molar-refractivity contribution is 5.92. The zero-order chi connectivity index (χ0) is 18.8. The van der Waals surface area contributed by atoms with Crippen LogP contribution in [0.2, 0.25) is 0 Å². The van der Waals surface area contributed by atoms with Crippen LogP contribution in [0.5, 0.6) is 5.75 Å². The van der Waals surface area contributed by atoms with Crippen LogP contribution in [0.25, 0.3) is 21.9 Å². The van der Waals surface area contributed by atoms with Crippen molar-refractivity contribution < 1.29 is 9.84 Å². The van der Waals surface area contributed by atoms with Gasteiger partial charge in [-0.15, -0.1) is 0 Å². The largest absolute Gasteiger partial charge is 0.489 e. The molecule has 8 heteroatoms. The van der Waals surface area contributed by atoms with Crippen LogP contribution in [-0.2, 0) is 6.42 Å². The molecule has 8 nitrogen and oxygen atoms in total. The lowest BCUT2D eigenvalue weighted by molar-refractivity contribution is 0.244. The van der Waals surface area contributed by atoms with Gasteiger partial charge in [-0.1, -0.05) is 0 Å². The van der Waals surface area contributed by atoms with Crippen LogP contribution in [0, 0.1) is 0 Å². The molecule has 1 aromatic carbocycles. The molecule has 0 saturated carbocycles. The number of aryl methyl sites for hydroxylation is 1. The summed E-state index contributed by atoms with van der Waals surface area (Å²) in [6.07, 6.45) is 4.80. The summed E-state index contributed by atoms with van der Waals surface area (Å²) in [4.78, 5) is 12.0. The summed E-state index contributed by atoms with van der Waals surface area (Å²) in [5.74, 6) is 1.42. The quantitative estimate of drug-likeness (QED) is 0.399. The van der Waals surface area contributed by atoms with E-state index in [4.69, 9.17) is 9.84 Å². The molecule has 0 aliphatic heterocycles. The fourth-order valence-corrected chi connectivity index (χ4v) is 3.05. The highest BCUT2D eigenvalue weighted by atomic mass is 16.5. The topological polar surface area (TPSA) is 112 Å². The molecular weight excluding hydrogens is 344 g/mol. The number of aliphatic hydroxyl groups excluding tert-OH is 1. The number of fused-ring (bicyclic) bond motifs is 2. The normalized spacial score (nSPS) is 11.6. The van der Waals surface area contributed by atoms with E-state index in [0.717, 1.165) is 45.5 Å². The number of ether oxygens (including phenoxy) is 1. The van der Waals surface area contributed by atoms with Gasteiger partial charge in [0.1, 0.15) is 23.5 Å². The maximum atomic E-state index is 9.05. The van der Waals surface area contributed by atoms with Gasteiger partial charge in [0.25, 0.3) is 0 Å². The van der Waals surface area contributed by atoms with E-state index in [1.54, 1.807) is 6.20 Å². The van der Waals surface area contributed by atoms with Gasteiger partial charge in [0.2, 0.25) is 0 Å². The minimum Gasteiger partial charge on any atom is -0.489 e. The molecule has 4 rings (SSSR count). The Morgan fingerprint density at radius 3 is 2.93 bits per heavy atom. The Kier molecular flexibility index (Phi) is 4.64. The van der Waals surface area contributed by atoms with Crippen LogP contribution in [0.3, 0.4) is 0 Å². The number of hydrogen-bond acceptors (Lipinski definition) is 6. The first-order valence-corrected chi connectivity index (χ1v) is 8.98. The predicted molar refractivity (Wildman–Crippen MR) is 104 cm³/mol. The third-order valence-electron chi connectivity index (χ3n) is 4.24. The van der Waals surface area contributed by atoms with Crippen LogP contribution in [0.1, 0.15) is 26.0 Å². The van der Waals surface area contributed by atoms with E-state index in [1.807, 2.05) is 32.0 Å². The molecule has 0 unspecified atom stereocenters. The molecule has 0 aliphatic rings. The number of aromatic nitrogens is 5. The molecule has 27 heavy (non-hydrogen) atoms. The second kappa shape index (κ2) is 7.24. The summed E-state index contributed by atoms with van der Waals surface area (Å²) in [5, 5.41) is 21.4. The third kappa shape index (κ3) is 3.56. The SMILES string of the molecule is CC(C)Oc1cc2[nH]ncc2cc1Nc1ncnc2[nH]c(CCCO)cc12. The van der Waals surface area contributed by atoms with Gasteiger partial charge < -0.3 is 20.1 Å².